The van der Waals surface area contributed by atoms with Gasteiger partial charge in [-0.1, -0.05) is 18.2 Å². The van der Waals surface area contributed by atoms with Crippen LogP contribution in [0.25, 0.3) is 11.1 Å². The highest BCUT2D eigenvalue weighted by atomic mass is 16.1. The number of ketones is 1. The van der Waals surface area contributed by atoms with Crippen LogP contribution in [0.1, 0.15) is 54.0 Å². The molecule has 1 aromatic carbocycles. The van der Waals surface area contributed by atoms with E-state index in [0.717, 1.165) is 22.3 Å². The van der Waals surface area contributed by atoms with Crippen LogP contribution in [0.4, 0.5) is 0 Å². The Morgan fingerprint density at radius 2 is 1.73 bits per heavy atom. The summed E-state index contributed by atoms with van der Waals surface area (Å²) < 4.78 is 0. The number of carbonyl (C=O) groups is 2. The average Bonchev–Trinajstić information content (AvgIpc) is 2.73. The molecule has 7 nitrogen and oxygen atoms in total. The largest absolute Gasteiger partial charge is 0.354 e. The molecule has 2 aromatic heterocycles. The minimum Gasteiger partial charge on any atom is -0.354 e. The number of aromatic nitrogens is 4. The zero-order valence-corrected chi connectivity index (χ0v) is 17.9. The Labute approximate surface area is 176 Å². The van der Waals surface area contributed by atoms with Crippen molar-refractivity contribution in [2.75, 3.05) is 7.05 Å². The zero-order chi connectivity index (χ0) is 21.9. The number of hydrogen-bond acceptors (Lipinski definition) is 6. The summed E-state index contributed by atoms with van der Waals surface area (Å²) in [4.78, 5) is 41.6. The normalized spacial score (nSPS) is 11.2. The smallest absolute Gasteiger partial charge is 0.269 e. The van der Waals surface area contributed by atoms with Crippen LogP contribution >= 0.6 is 0 Å². The molecule has 0 radical (unpaired) electrons. The minimum atomic E-state index is -0.671. The molecule has 154 valence electrons. The maximum atomic E-state index is 12.3. The van der Waals surface area contributed by atoms with Crippen molar-refractivity contribution in [3.05, 3.63) is 71.3 Å². The van der Waals surface area contributed by atoms with Gasteiger partial charge in [0.05, 0.1) is 0 Å². The van der Waals surface area contributed by atoms with E-state index in [9.17, 15) is 9.59 Å². The predicted octanol–water partition coefficient (Wildman–Crippen LogP) is 3.06. The second-order valence-electron chi connectivity index (χ2n) is 7.69. The summed E-state index contributed by atoms with van der Waals surface area (Å²) in [6.07, 6.45) is 5.51. The minimum absolute atomic E-state index is 0.0650. The van der Waals surface area contributed by atoms with Gasteiger partial charge in [0.1, 0.15) is 23.1 Å². The Bertz CT molecular complexity index is 1090. The third kappa shape index (κ3) is 4.40. The lowest BCUT2D eigenvalue weighted by Crippen LogP contribution is -2.28. The highest BCUT2D eigenvalue weighted by Gasteiger charge is 2.29. The number of nitrogens with zero attached hydrogens (tertiary/aromatic N) is 4. The van der Waals surface area contributed by atoms with Crippen LogP contribution in [0.5, 0.6) is 0 Å². The Balaban J connectivity index is 2.09. The molecule has 3 rings (SSSR count). The van der Waals surface area contributed by atoms with Crippen molar-refractivity contribution < 1.29 is 9.59 Å². The van der Waals surface area contributed by atoms with E-state index in [1.54, 1.807) is 38.6 Å². The van der Waals surface area contributed by atoms with Crippen LogP contribution in [0.2, 0.25) is 0 Å². The lowest BCUT2D eigenvalue weighted by molar-refractivity contribution is -0.121. The molecule has 2 heterocycles. The molecule has 0 saturated heterocycles. The molecule has 7 heteroatoms. The standard InChI is InChI=1S/C23H25N5O2/c1-14(29)23(3,4)19-7-6-16(18-12-26-15(2)27-13-18)10-17(19)11-21-25-9-8-20(28-21)22(30)24-5/h6-10,12-13H,11H2,1-5H3,(H,24,30). The first-order chi connectivity index (χ1) is 14.2. The van der Waals surface area contributed by atoms with Crippen molar-refractivity contribution in [1.29, 1.82) is 0 Å². The number of amides is 1. The molecule has 0 aliphatic heterocycles. The van der Waals surface area contributed by atoms with Gasteiger partial charge in [-0.05, 0) is 50.5 Å². The van der Waals surface area contributed by atoms with Gasteiger partial charge in [-0.15, -0.1) is 0 Å². The molecule has 1 N–H and O–H groups in total. The number of carbonyl (C=O) groups excluding carboxylic acids is 2. The van der Waals surface area contributed by atoms with Crippen molar-refractivity contribution in [1.82, 2.24) is 25.3 Å². The van der Waals surface area contributed by atoms with Gasteiger partial charge in [-0.25, -0.2) is 19.9 Å². The quantitative estimate of drug-likeness (QED) is 0.679. The molecule has 0 atom stereocenters. The fourth-order valence-corrected chi connectivity index (χ4v) is 3.17. The highest BCUT2D eigenvalue weighted by Crippen LogP contribution is 2.32. The Morgan fingerprint density at radius 1 is 1.03 bits per heavy atom. The Kier molecular flexibility index (Phi) is 6.01. The van der Waals surface area contributed by atoms with Crippen LogP contribution in [0.15, 0.2) is 42.9 Å². The molecular weight excluding hydrogens is 378 g/mol. The van der Waals surface area contributed by atoms with Gasteiger partial charge in [-0.3, -0.25) is 9.59 Å². The van der Waals surface area contributed by atoms with E-state index in [4.69, 9.17) is 0 Å². The molecule has 0 saturated carbocycles. The first kappa shape index (κ1) is 21.2. The molecule has 0 spiro atoms. The summed E-state index contributed by atoms with van der Waals surface area (Å²) >= 11 is 0. The van der Waals surface area contributed by atoms with Gasteiger partial charge in [0.2, 0.25) is 0 Å². The van der Waals surface area contributed by atoms with Gasteiger partial charge in [-0.2, -0.15) is 0 Å². The number of nitrogens with one attached hydrogen (secondary N) is 1. The second kappa shape index (κ2) is 8.49. The number of hydrogen-bond donors (Lipinski definition) is 1. The maximum absolute atomic E-state index is 12.3. The van der Waals surface area contributed by atoms with Crippen molar-refractivity contribution in [2.45, 2.75) is 39.5 Å². The van der Waals surface area contributed by atoms with Gasteiger partial charge < -0.3 is 5.32 Å². The van der Waals surface area contributed by atoms with Gasteiger partial charge >= 0.3 is 0 Å². The van der Waals surface area contributed by atoms with E-state index in [1.165, 1.54) is 0 Å². The van der Waals surface area contributed by atoms with Crippen LogP contribution in [0.3, 0.4) is 0 Å². The Hall–Kier alpha value is -3.48. The number of aryl methyl sites for hydroxylation is 1. The van der Waals surface area contributed by atoms with Crippen LogP contribution in [-0.4, -0.2) is 38.7 Å². The van der Waals surface area contributed by atoms with Crippen molar-refractivity contribution >= 4 is 11.7 Å². The van der Waals surface area contributed by atoms with Crippen LogP contribution < -0.4 is 5.32 Å². The number of benzene rings is 1. The highest BCUT2D eigenvalue weighted by molar-refractivity contribution is 5.92. The molecule has 1 amide bonds. The molecule has 0 aliphatic rings. The van der Waals surface area contributed by atoms with E-state index in [2.05, 4.69) is 25.3 Å². The number of Topliss-reactive ketones (excluding diaryl/α,β-unsaturated/α-hetero) is 1. The fourth-order valence-electron chi connectivity index (χ4n) is 3.17. The summed E-state index contributed by atoms with van der Waals surface area (Å²) in [6, 6.07) is 7.53. The monoisotopic (exact) mass is 403 g/mol. The second-order valence-corrected chi connectivity index (χ2v) is 7.69. The molecule has 0 bridgehead atoms. The van der Waals surface area contributed by atoms with E-state index in [1.807, 2.05) is 39.0 Å². The molecule has 0 unspecified atom stereocenters. The van der Waals surface area contributed by atoms with Gasteiger partial charge in [0.25, 0.3) is 5.91 Å². The Morgan fingerprint density at radius 3 is 2.37 bits per heavy atom. The molecule has 0 fully saturated rings. The topological polar surface area (TPSA) is 97.7 Å². The summed E-state index contributed by atoms with van der Waals surface area (Å²) in [5.74, 6) is 1.01. The summed E-state index contributed by atoms with van der Waals surface area (Å²) in [5.41, 5.74) is 3.28. The summed E-state index contributed by atoms with van der Waals surface area (Å²) in [7, 11) is 1.56. The van der Waals surface area contributed by atoms with E-state index >= 15 is 0 Å². The maximum Gasteiger partial charge on any atom is 0.269 e. The molecule has 0 aliphatic carbocycles. The summed E-state index contributed by atoms with van der Waals surface area (Å²) in [5, 5.41) is 2.57. The van der Waals surface area contributed by atoms with E-state index < -0.39 is 5.41 Å². The first-order valence-electron chi connectivity index (χ1n) is 9.70. The first-order valence-corrected chi connectivity index (χ1v) is 9.70. The van der Waals surface area contributed by atoms with E-state index in [-0.39, 0.29) is 11.7 Å². The zero-order valence-electron chi connectivity index (χ0n) is 17.9. The molecule has 3 aromatic rings. The lowest BCUT2D eigenvalue weighted by atomic mass is 9.77. The SMILES string of the molecule is CNC(=O)c1ccnc(Cc2cc(-c3cnc(C)nc3)ccc2C(C)(C)C(C)=O)n1. The fraction of sp³-hybridized carbons (Fsp3) is 0.304. The van der Waals surface area contributed by atoms with Crippen molar-refractivity contribution in [3.8, 4) is 11.1 Å². The summed E-state index contributed by atoms with van der Waals surface area (Å²) in [6.45, 7) is 7.24. The van der Waals surface area contributed by atoms with E-state index in [0.29, 0.717) is 23.8 Å². The van der Waals surface area contributed by atoms with Crippen molar-refractivity contribution in [3.63, 3.8) is 0 Å². The number of rotatable bonds is 6. The van der Waals surface area contributed by atoms with Crippen LogP contribution in [0, 0.1) is 6.92 Å². The predicted molar refractivity (Wildman–Crippen MR) is 114 cm³/mol. The molecule has 30 heavy (non-hydrogen) atoms. The van der Waals surface area contributed by atoms with Gasteiger partial charge in [0.15, 0.2) is 0 Å². The third-order valence-electron chi connectivity index (χ3n) is 5.29. The van der Waals surface area contributed by atoms with Crippen molar-refractivity contribution in [2.24, 2.45) is 0 Å². The third-order valence-corrected chi connectivity index (χ3v) is 5.29. The van der Waals surface area contributed by atoms with Gasteiger partial charge in [0, 0.05) is 43.0 Å². The molecular formula is C23H25N5O2. The van der Waals surface area contributed by atoms with Crippen LogP contribution in [-0.2, 0) is 16.6 Å². The lowest BCUT2D eigenvalue weighted by Gasteiger charge is -2.25. The average molecular weight is 403 g/mol.